The minimum atomic E-state index is 0.407. The Kier molecular flexibility index (Phi) is 3.48. The summed E-state index contributed by atoms with van der Waals surface area (Å²) in [7, 11) is 1.88. The first kappa shape index (κ1) is 14.2. The van der Waals surface area contributed by atoms with Gasteiger partial charge in [0.2, 0.25) is 5.89 Å². The zero-order valence-corrected chi connectivity index (χ0v) is 13.7. The van der Waals surface area contributed by atoms with Gasteiger partial charge < -0.3 is 4.42 Å². The van der Waals surface area contributed by atoms with Crippen LogP contribution >= 0.6 is 22.9 Å². The summed E-state index contributed by atoms with van der Waals surface area (Å²) in [5.74, 6) is 0.407. The van der Waals surface area contributed by atoms with Crippen molar-refractivity contribution in [3.8, 4) is 10.6 Å². The zero-order valence-electron chi connectivity index (χ0n) is 12.1. The maximum absolute atomic E-state index is 6.34. The second-order valence-electron chi connectivity index (χ2n) is 4.95. The largest absolute Gasteiger partial charge is 0.435 e. The molecule has 4 aromatic rings. The van der Waals surface area contributed by atoms with Crippen molar-refractivity contribution in [2.45, 2.75) is 0 Å². The molecule has 3 aromatic heterocycles. The van der Waals surface area contributed by atoms with Gasteiger partial charge in [-0.3, -0.25) is 4.68 Å². The van der Waals surface area contributed by atoms with Crippen LogP contribution in [0.3, 0.4) is 0 Å². The number of halogens is 1. The SMILES string of the molecule is Cn1cc(-c2ncc(/C=C(\Cl)c3nc4ccccc4o3)s2)cn1. The van der Waals surface area contributed by atoms with Crippen molar-refractivity contribution in [2.24, 2.45) is 7.05 Å². The van der Waals surface area contributed by atoms with Gasteiger partial charge in [0, 0.05) is 29.9 Å². The number of rotatable bonds is 3. The molecule has 0 saturated carbocycles. The molecular weight excluding hydrogens is 332 g/mol. The first-order chi connectivity index (χ1) is 11.2. The predicted molar refractivity (Wildman–Crippen MR) is 92.0 cm³/mol. The van der Waals surface area contributed by atoms with Crippen LogP contribution in [0.2, 0.25) is 0 Å². The van der Waals surface area contributed by atoms with Crippen LogP contribution in [0.4, 0.5) is 0 Å². The third kappa shape index (κ3) is 2.78. The number of aryl methyl sites for hydroxylation is 1. The highest BCUT2D eigenvalue weighted by Gasteiger charge is 2.10. The molecule has 114 valence electrons. The number of hydrogen-bond donors (Lipinski definition) is 0. The first-order valence-electron chi connectivity index (χ1n) is 6.87. The second kappa shape index (κ2) is 5.64. The van der Waals surface area contributed by atoms with E-state index in [1.165, 1.54) is 11.3 Å². The molecule has 0 bridgehead atoms. The minimum Gasteiger partial charge on any atom is -0.435 e. The Hall–Kier alpha value is -2.44. The summed E-state index contributed by atoms with van der Waals surface area (Å²) in [4.78, 5) is 9.71. The third-order valence-corrected chi connectivity index (χ3v) is 4.51. The van der Waals surface area contributed by atoms with Crippen LogP contribution < -0.4 is 0 Å². The quantitative estimate of drug-likeness (QED) is 0.553. The summed E-state index contributed by atoms with van der Waals surface area (Å²) in [5.41, 5.74) is 2.49. The number of aromatic nitrogens is 4. The fourth-order valence-corrected chi connectivity index (χ4v) is 3.28. The molecule has 0 saturated heterocycles. The first-order valence-corrected chi connectivity index (χ1v) is 8.06. The number of oxazole rings is 1. The maximum Gasteiger partial charge on any atom is 0.238 e. The highest BCUT2D eigenvalue weighted by Crippen LogP contribution is 2.30. The Balaban J connectivity index is 1.65. The van der Waals surface area contributed by atoms with E-state index in [0.29, 0.717) is 10.9 Å². The van der Waals surface area contributed by atoms with Gasteiger partial charge in [-0.25, -0.2) is 9.97 Å². The Labute approximate surface area is 140 Å². The van der Waals surface area contributed by atoms with Gasteiger partial charge in [0.25, 0.3) is 0 Å². The molecule has 0 radical (unpaired) electrons. The standard InChI is InChI=1S/C16H11ClN4OS/c1-21-9-10(7-19-21)16-18-8-11(23-16)6-12(17)15-20-13-4-2-3-5-14(13)22-15/h2-9H,1H3/b12-6-. The summed E-state index contributed by atoms with van der Waals surface area (Å²) >= 11 is 7.87. The monoisotopic (exact) mass is 342 g/mol. The number of thiazole rings is 1. The van der Waals surface area contributed by atoms with E-state index in [9.17, 15) is 0 Å². The second-order valence-corrected chi connectivity index (χ2v) is 6.42. The van der Waals surface area contributed by atoms with Gasteiger partial charge in [0.05, 0.1) is 6.20 Å². The van der Waals surface area contributed by atoms with Gasteiger partial charge in [-0.1, -0.05) is 23.7 Å². The average molecular weight is 343 g/mol. The lowest BCUT2D eigenvalue weighted by Crippen LogP contribution is -1.83. The number of para-hydroxylation sites is 2. The molecule has 0 atom stereocenters. The normalized spacial score (nSPS) is 12.2. The Morgan fingerprint density at radius 1 is 1.30 bits per heavy atom. The lowest BCUT2D eigenvalue weighted by molar-refractivity contribution is 0.588. The highest BCUT2D eigenvalue weighted by molar-refractivity contribution is 7.16. The van der Waals surface area contributed by atoms with Crippen LogP contribution in [0, 0.1) is 0 Å². The van der Waals surface area contributed by atoms with E-state index in [-0.39, 0.29) is 0 Å². The van der Waals surface area contributed by atoms with Crippen LogP contribution in [0.25, 0.3) is 32.8 Å². The van der Waals surface area contributed by atoms with Crippen molar-refractivity contribution >= 4 is 45.1 Å². The van der Waals surface area contributed by atoms with Crippen molar-refractivity contribution in [1.29, 1.82) is 0 Å². The van der Waals surface area contributed by atoms with Crippen molar-refractivity contribution in [3.63, 3.8) is 0 Å². The minimum absolute atomic E-state index is 0.407. The molecule has 0 fully saturated rings. The Morgan fingerprint density at radius 3 is 2.96 bits per heavy atom. The molecule has 0 spiro atoms. The Morgan fingerprint density at radius 2 is 2.17 bits per heavy atom. The molecule has 3 heterocycles. The summed E-state index contributed by atoms with van der Waals surface area (Å²) < 4.78 is 7.40. The zero-order chi connectivity index (χ0) is 15.8. The third-order valence-electron chi connectivity index (χ3n) is 3.24. The van der Waals surface area contributed by atoms with Crippen molar-refractivity contribution in [2.75, 3.05) is 0 Å². The topological polar surface area (TPSA) is 56.7 Å². The highest BCUT2D eigenvalue weighted by atomic mass is 35.5. The van der Waals surface area contributed by atoms with E-state index in [1.807, 2.05) is 43.6 Å². The van der Waals surface area contributed by atoms with E-state index in [0.717, 1.165) is 26.5 Å². The van der Waals surface area contributed by atoms with E-state index < -0.39 is 0 Å². The van der Waals surface area contributed by atoms with Crippen LogP contribution in [0.1, 0.15) is 10.8 Å². The number of nitrogens with zero attached hydrogens (tertiary/aromatic N) is 4. The molecule has 23 heavy (non-hydrogen) atoms. The smallest absolute Gasteiger partial charge is 0.238 e. The summed E-state index contributed by atoms with van der Waals surface area (Å²) in [6.45, 7) is 0. The van der Waals surface area contributed by atoms with Crippen LogP contribution in [-0.4, -0.2) is 19.7 Å². The fraction of sp³-hybridized carbons (Fsp3) is 0.0625. The van der Waals surface area contributed by atoms with Gasteiger partial charge in [0.15, 0.2) is 5.58 Å². The van der Waals surface area contributed by atoms with Crippen molar-refractivity contribution < 1.29 is 4.42 Å². The van der Waals surface area contributed by atoms with Gasteiger partial charge in [-0.2, -0.15) is 5.10 Å². The molecular formula is C16H11ClN4OS. The molecule has 0 amide bonds. The molecule has 5 nitrogen and oxygen atoms in total. The molecule has 1 aromatic carbocycles. The molecule has 7 heteroatoms. The van der Waals surface area contributed by atoms with E-state index >= 15 is 0 Å². The van der Waals surface area contributed by atoms with Gasteiger partial charge in [-0.15, -0.1) is 11.3 Å². The van der Waals surface area contributed by atoms with Crippen molar-refractivity contribution in [1.82, 2.24) is 19.7 Å². The number of hydrogen-bond acceptors (Lipinski definition) is 5. The predicted octanol–water partition coefficient (Wildman–Crippen LogP) is 4.42. The lowest BCUT2D eigenvalue weighted by Gasteiger charge is -1.90. The maximum atomic E-state index is 6.34. The van der Waals surface area contributed by atoms with E-state index in [2.05, 4.69) is 15.1 Å². The fourth-order valence-electron chi connectivity index (χ4n) is 2.18. The Bertz CT molecular complexity index is 981. The molecule has 0 aliphatic heterocycles. The number of benzene rings is 1. The van der Waals surface area contributed by atoms with Gasteiger partial charge >= 0.3 is 0 Å². The van der Waals surface area contributed by atoms with Gasteiger partial charge in [-0.05, 0) is 18.2 Å². The van der Waals surface area contributed by atoms with E-state index in [1.54, 1.807) is 17.1 Å². The molecule has 0 N–H and O–H groups in total. The summed E-state index contributed by atoms with van der Waals surface area (Å²) in [5, 5.41) is 5.49. The molecule has 4 rings (SSSR count). The number of fused-ring (bicyclic) bond motifs is 1. The van der Waals surface area contributed by atoms with Crippen LogP contribution in [0.5, 0.6) is 0 Å². The van der Waals surface area contributed by atoms with Crippen LogP contribution in [0.15, 0.2) is 47.3 Å². The van der Waals surface area contributed by atoms with Crippen LogP contribution in [-0.2, 0) is 7.05 Å². The van der Waals surface area contributed by atoms with Crippen molar-refractivity contribution in [3.05, 3.63) is 53.6 Å². The average Bonchev–Trinajstić information content (AvgIpc) is 3.25. The molecule has 0 unspecified atom stereocenters. The van der Waals surface area contributed by atoms with Gasteiger partial charge in [0.1, 0.15) is 15.6 Å². The molecule has 0 aliphatic rings. The lowest BCUT2D eigenvalue weighted by atomic mass is 10.3. The summed E-state index contributed by atoms with van der Waals surface area (Å²) in [6, 6.07) is 7.57. The van der Waals surface area contributed by atoms with E-state index in [4.69, 9.17) is 16.0 Å². The molecule has 0 aliphatic carbocycles. The summed E-state index contributed by atoms with van der Waals surface area (Å²) in [6.07, 6.45) is 7.30.